The van der Waals surface area contributed by atoms with Gasteiger partial charge in [0, 0.05) is 43.7 Å². The minimum atomic E-state index is 0.334. The van der Waals surface area contributed by atoms with E-state index < -0.39 is 0 Å². The number of nitrogens with one attached hydrogen (secondary N) is 1. The minimum Gasteiger partial charge on any atom is -0.356 e. The molecule has 2 aliphatic rings. The lowest BCUT2D eigenvalue weighted by molar-refractivity contribution is 0.209. The van der Waals surface area contributed by atoms with Crippen LogP contribution in [0.3, 0.4) is 0 Å². The molecule has 1 unspecified atom stereocenters. The van der Waals surface area contributed by atoms with Crippen LogP contribution in [0.5, 0.6) is 0 Å². The third-order valence-electron chi connectivity index (χ3n) is 4.21. The first kappa shape index (κ1) is 16.0. The van der Waals surface area contributed by atoms with Crippen molar-refractivity contribution in [2.45, 2.75) is 31.4 Å². The molecule has 0 aromatic carbocycles. The zero-order chi connectivity index (χ0) is 14.6. The van der Waals surface area contributed by atoms with E-state index in [0.717, 1.165) is 31.5 Å². The molecule has 0 spiro atoms. The molecule has 2 saturated heterocycles. The van der Waals surface area contributed by atoms with E-state index in [2.05, 4.69) is 52.8 Å². The highest BCUT2D eigenvalue weighted by Gasteiger charge is 2.29. The Hall–Kier alpha value is -0.420. The van der Waals surface area contributed by atoms with Gasteiger partial charge in [-0.3, -0.25) is 4.99 Å². The summed E-state index contributed by atoms with van der Waals surface area (Å²) >= 11 is 2.07. The highest BCUT2D eigenvalue weighted by molar-refractivity contribution is 8.00. The molecule has 116 valence electrons. The van der Waals surface area contributed by atoms with Crippen molar-refractivity contribution in [3.63, 3.8) is 0 Å². The summed E-state index contributed by atoms with van der Waals surface area (Å²) in [6.45, 7) is 10.4. The smallest absolute Gasteiger partial charge is 0.193 e. The predicted octanol–water partition coefficient (Wildman–Crippen LogP) is 1.73. The van der Waals surface area contributed by atoms with Gasteiger partial charge in [-0.15, -0.1) is 0 Å². The predicted molar refractivity (Wildman–Crippen MR) is 89.7 cm³/mol. The Morgan fingerprint density at radius 3 is 2.85 bits per heavy atom. The zero-order valence-corrected chi connectivity index (χ0v) is 14.3. The maximum atomic E-state index is 4.49. The molecule has 2 fully saturated rings. The highest BCUT2D eigenvalue weighted by atomic mass is 32.2. The maximum Gasteiger partial charge on any atom is 0.193 e. The van der Waals surface area contributed by atoms with Gasteiger partial charge >= 0.3 is 0 Å². The van der Waals surface area contributed by atoms with Gasteiger partial charge in [0.15, 0.2) is 5.96 Å². The van der Waals surface area contributed by atoms with Crippen molar-refractivity contribution >= 4 is 17.7 Å². The number of aliphatic imine (C=N–C) groups is 1. The molecule has 2 aliphatic heterocycles. The Bertz CT molecular complexity index is 343. The molecule has 0 radical (unpaired) electrons. The Morgan fingerprint density at radius 2 is 2.20 bits per heavy atom. The fourth-order valence-electron chi connectivity index (χ4n) is 3.20. The van der Waals surface area contributed by atoms with Gasteiger partial charge in [0.2, 0.25) is 0 Å². The maximum absolute atomic E-state index is 4.49. The summed E-state index contributed by atoms with van der Waals surface area (Å²) in [6.07, 6.45) is 2.67. The molecular weight excluding hydrogens is 268 g/mol. The van der Waals surface area contributed by atoms with E-state index in [1.54, 1.807) is 0 Å². The lowest BCUT2D eigenvalue weighted by Crippen LogP contribution is -2.52. The van der Waals surface area contributed by atoms with Crippen molar-refractivity contribution in [1.29, 1.82) is 0 Å². The number of guanidine groups is 1. The minimum absolute atomic E-state index is 0.334. The van der Waals surface area contributed by atoms with E-state index in [9.17, 15) is 0 Å². The van der Waals surface area contributed by atoms with Crippen molar-refractivity contribution in [2.75, 3.05) is 52.6 Å². The van der Waals surface area contributed by atoms with Gasteiger partial charge in [-0.05, 0) is 46.2 Å². The van der Waals surface area contributed by atoms with Crippen LogP contribution in [-0.2, 0) is 0 Å². The summed E-state index contributed by atoms with van der Waals surface area (Å²) < 4.78 is 0.334. The van der Waals surface area contributed by atoms with Crippen molar-refractivity contribution in [2.24, 2.45) is 10.9 Å². The molecule has 0 saturated carbocycles. The molecule has 0 bridgehead atoms. The van der Waals surface area contributed by atoms with Crippen molar-refractivity contribution < 1.29 is 0 Å². The average molecular weight is 299 g/mol. The second kappa shape index (κ2) is 7.03. The molecule has 1 N–H and O–H groups in total. The Balaban J connectivity index is 1.83. The largest absolute Gasteiger partial charge is 0.356 e. The van der Waals surface area contributed by atoms with Crippen LogP contribution in [0.15, 0.2) is 4.99 Å². The fourth-order valence-corrected chi connectivity index (χ4v) is 4.32. The standard InChI is InChI=1S/C15H30N4S/c1-15(2)12-19(8-9-20-15)14(16-3)17-10-13-6-5-7-18(4)11-13/h13H,5-12H2,1-4H3,(H,16,17). The molecule has 0 aromatic heterocycles. The van der Waals surface area contributed by atoms with Crippen LogP contribution >= 0.6 is 11.8 Å². The number of piperidine rings is 1. The average Bonchev–Trinajstić information content (AvgIpc) is 2.38. The summed E-state index contributed by atoms with van der Waals surface area (Å²) in [5, 5.41) is 3.61. The summed E-state index contributed by atoms with van der Waals surface area (Å²) in [6, 6.07) is 0. The molecule has 1 atom stereocenters. The second-order valence-corrected chi connectivity index (χ2v) is 8.53. The van der Waals surface area contributed by atoms with E-state index >= 15 is 0 Å². The lowest BCUT2D eigenvalue weighted by atomic mass is 9.98. The van der Waals surface area contributed by atoms with Crippen LogP contribution in [0, 0.1) is 5.92 Å². The van der Waals surface area contributed by atoms with Crippen molar-refractivity contribution in [3.8, 4) is 0 Å². The number of rotatable bonds is 2. The van der Waals surface area contributed by atoms with Crippen molar-refractivity contribution in [3.05, 3.63) is 0 Å². The van der Waals surface area contributed by atoms with E-state index in [1.807, 2.05) is 7.05 Å². The van der Waals surface area contributed by atoms with E-state index in [4.69, 9.17) is 0 Å². The van der Waals surface area contributed by atoms with Gasteiger partial charge < -0.3 is 15.1 Å². The molecule has 20 heavy (non-hydrogen) atoms. The van der Waals surface area contributed by atoms with Gasteiger partial charge in [-0.25, -0.2) is 0 Å². The third kappa shape index (κ3) is 4.55. The topological polar surface area (TPSA) is 30.9 Å². The van der Waals surface area contributed by atoms with E-state index in [0.29, 0.717) is 4.75 Å². The van der Waals surface area contributed by atoms with Gasteiger partial charge in [0.05, 0.1) is 0 Å². The Labute approximate surface area is 128 Å². The third-order valence-corrected chi connectivity index (χ3v) is 5.51. The number of nitrogens with zero attached hydrogens (tertiary/aromatic N) is 3. The lowest BCUT2D eigenvalue weighted by Gasteiger charge is -2.39. The van der Waals surface area contributed by atoms with Crippen LogP contribution in [0.1, 0.15) is 26.7 Å². The normalized spacial score (nSPS) is 28.5. The van der Waals surface area contributed by atoms with Gasteiger partial charge in [0.1, 0.15) is 0 Å². The first-order chi connectivity index (χ1) is 9.50. The van der Waals surface area contributed by atoms with E-state index in [-0.39, 0.29) is 0 Å². The van der Waals surface area contributed by atoms with Crippen LogP contribution in [-0.4, -0.2) is 73.1 Å². The molecular formula is C15H30N4S. The van der Waals surface area contributed by atoms with Crippen molar-refractivity contribution in [1.82, 2.24) is 15.1 Å². The monoisotopic (exact) mass is 298 g/mol. The molecule has 5 heteroatoms. The summed E-state index contributed by atoms with van der Waals surface area (Å²) in [5.41, 5.74) is 0. The Kier molecular flexibility index (Phi) is 5.61. The molecule has 0 amide bonds. The van der Waals surface area contributed by atoms with Crippen LogP contribution in [0.4, 0.5) is 0 Å². The molecule has 0 aromatic rings. The number of hydrogen-bond donors (Lipinski definition) is 1. The first-order valence-electron chi connectivity index (χ1n) is 7.78. The second-order valence-electron chi connectivity index (χ2n) is 6.73. The molecule has 4 nitrogen and oxygen atoms in total. The van der Waals surface area contributed by atoms with Crippen LogP contribution < -0.4 is 5.32 Å². The van der Waals surface area contributed by atoms with Crippen LogP contribution in [0.25, 0.3) is 0 Å². The number of hydrogen-bond acceptors (Lipinski definition) is 3. The number of likely N-dealkylation sites (tertiary alicyclic amines) is 1. The molecule has 0 aliphatic carbocycles. The van der Waals surface area contributed by atoms with Gasteiger partial charge in [0.25, 0.3) is 0 Å². The Morgan fingerprint density at radius 1 is 1.40 bits per heavy atom. The van der Waals surface area contributed by atoms with E-state index in [1.165, 1.54) is 31.7 Å². The summed E-state index contributed by atoms with van der Waals surface area (Å²) in [4.78, 5) is 9.35. The molecule has 2 rings (SSSR count). The summed E-state index contributed by atoms with van der Waals surface area (Å²) in [5.74, 6) is 3.05. The summed E-state index contributed by atoms with van der Waals surface area (Å²) in [7, 11) is 4.13. The number of thioether (sulfide) groups is 1. The zero-order valence-electron chi connectivity index (χ0n) is 13.5. The SMILES string of the molecule is CN=C(NCC1CCCN(C)C1)N1CCSC(C)(C)C1. The fraction of sp³-hybridized carbons (Fsp3) is 0.933. The quantitative estimate of drug-likeness (QED) is 0.621. The highest BCUT2D eigenvalue weighted by Crippen LogP contribution is 2.29. The first-order valence-corrected chi connectivity index (χ1v) is 8.77. The van der Waals surface area contributed by atoms with Gasteiger partial charge in [-0.1, -0.05) is 0 Å². The van der Waals surface area contributed by atoms with Crippen LogP contribution in [0.2, 0.25) is 0 Å². The molecule has 2 heterocycles. The van der Waals surface area contributed by atoms with Gasteiger partial charge in [-0.2, -0.15) is 11.8 Å².